The number of nitrogens with zero attached hydrogens (tertiary/aromatic N) is 2. The second-order valence-electron chi connectivity index (χ2n) is 5.13. The molecule has 0 aliphatic heterocycles. The molecule has 22 heavy (non-hydrogen) atoms. The molecule has 0 aliphatic rings. The van der Waals surface area contributed by atoms with Gasteiger partial charge in [0.25, 0.3) is 0 Å². The number of benzene rings is 1. The first-order valence-corrected chi connectivity index (χ1v) is 8.46. The quantitative estimate of drug-likeness (QED) is 0.447. The lowest BCUT2D eigenvalue weighted by Gasteiger charge is -2.18. The second-order valence-corrected chi connectivity index (χ2v) is 6.17. The average molecular weight is 316 g/mol. The van der Waals surface area contributed by atoms with Gasteiger partial charge in [-0.2, -0.15) is 0 Å². The lowest BCUT2D eigenvalue weighted by molar-refractivity contribution is 0.785. The Morgan fingerprint density at radius 2 is 2.05 bits per heavy atom. The summed E-state index contributed by atoms with van der Waals surface area (Å²) >= 11 is 1.77. The topological polar surface area (TPSA) is 53.6 Å². The summed E-state index contributed by atoms with van der Waals surface area (Å²) in [6.07, 6.45) is 1.98. The number of guanidine groups is 1. The molecule has 4 nitrogen and oxygen atoms in total. The Kier molecular flexibility index (Phi) is 6.77. The van der Waals surface area contributed by atoms with Crippen molar-refractivity contribution >= 4 is 23.0 Å². The summed E-state index contributed by atoms with van der Waals surface area (Å²) in [5.74, 6) is 0.541. The summed E-state index contributed by atoms with van der Waals surface area (Å²) in [6.45, 7) is 2.55. The molecule has 118 valence electrons. The van der Waals surface area contributed by atoms with Crippen LogP contribution in [0.15, 0.2) is 52.8 Å². The fourth-order valence-corrected chi connectivity index (χ4v) is 2.85. The zero-order valence-electron chi connectivity index (χ0n) is 13.0. The van der Waals surface area contributed by atoms with Gasteiger partial charge in [0.1, 0.15) is 0 Å². The summed E-state index contributed by atoms with van der Waals surface area (Å²) in [6, 6.07) is 14.6. The van der Waals surface area contributed by atoms with Gasteiger partial charge in [-0.05, 0) is 36.4 Å². The molecule has 0 fully saturated rings. The van der Waals surface area contributed by atoms with Crippen molar-refractivity contribution in [2.45, 2.75) is 12.8 Å². The molecule has 0 unspecified atom stereocenters. The molecule has 0 amide bonds. The van der Waals surface area contributed by atoms with Gasteiger partial charge >= 0.3 is 0 Å². The van der Waals surface area contributed by atoms with Crippen LogP contribution in [0.4, 0.5) is 5.69 Å². The maximum Gasteiger partial charge on any atom is 0.188 e. The van der Waals surface area contributed by atoms with Crippen LogP contribution in [0.3, 0.4) is 0 Å². The maximum absolute atomic E-state index is 5.87. The Balaban J connectivity index is 1.60. The molecule has 5 heteroatoms. The first-order chi connectivity index (χ1) is 10.8. The van der Waals surface area contributed by atoms with Crippen LogP contribution in [0.1, 0.15) is 11.3 Å². The molecule has 1 aromatic carbocycles. The van der Waals surface area contributed by atoms with Crippen molar-refractivity contribution in [1.82, 2.24) is 5.32 Å². The van der Waals surface area contributed by atoms with E-state index in [9.17, 15) is 0 Å². The fraction of sp³-hybridized carbons (Fsp3) is 0.353. The molecule has 0 atom stereocenters. The standard InChI is InChI=1S/C17H24N4S/c1-21(15-7-3-2-4-8-15)13-6-11-19-17(18)20-12-10-16-9-5-14-22-16/h2-5,7-9,14H,6,10-13H2,1H3,(H3,18,19,20). The third-order valence-electron chi connectivity index (χ3n) is 3.39. The zero-order chi connectivity index (χ0) is 15.6. The van der Waals surface area contributed by atoms with Gasteiger partial charge in [-0.15, -0.1) is 11.3 Å². The minimum absolute atomic E-state index is 0.541. The number of rotatable bonds is 8. The SMILES string of the molecule is CN(CCCN=C(N)NCCc1cccs1)c1ccccc1. The van der Waals surface area contributed by atoms with Gasteiger partial charge in [-0.1, -0.05) is 24.3 Å². The molecule has 0 saturated heterocycles. The van der Waals surface area contributed by atoms with E-state index in [0.717, 1.165) is 32.5 Å². The molecule has 1 aromatic heterocycles. The predicted molar refractivity (Wildman–Crippen MR) is 96.8 cm³/mol. The summed E-state index contributed by atoms with van der Waals surface area (Å²) in [7, 11) is 2.10. The Morgan fingerprint density at radius 1 is 1.23 bits per heavy atom. The van der Waals surface area contributed by atoms with Crippen molar-refractivity contribution in [3.63, 3.8) is 0 Å². The van der Waals surface area contributed by atoms with Gasteiger partial charge in [-0.25, -0.2) is 0 Å². The monoisotopic (exact) mass is 316 g/mol. The number of anilines is 1. The van der Waals surface area contributed by atoms with Crippen LogP contribution in [-0.4, -0.2) is 32.6 Å². The number of thiophene rings is 1. The Labute approximate surface area is 136 Å². The van der Waals surface area contributed by atoms with Crippen molar-refractivity contribution in [2.24, 2.45) is 10.7 Å². The van der Waals surface area contributed by atoms with E-state index < -0.39 is 0 Å². The third kappa shape index (κ3) is 5.77. The highest BCUT2D eigenvalue weighted by Gasteiger charge is 1.99. The molecule has 0 spiro atoms. The highest BCUT2D eigenvalue weighted by atomic mass is 32.1. The third-order valence-corrected chi connectivity index (χ3v) is 4.32. The average Bonchev–Trinajstić information content (AvgIpc) is 3.05. The Hall–Kier alpha value is -2.01. The molecule has 0 saturated carbocycles. The molecule has 2 rings (SSSR count). The highest BCUT2D eigenvalue weighted by molar-refractivity contribution is 7.09. The van der Waals surface area contributed by atoms with E-state index in [1.165, 1.54) is 10.6 Å². The minimum atomic E-state index is 0.541. The molecule has 0 bridgehead atoms. The highest BCUT2D eigenvalue weighted by Crippen LogP contribution is 2.11. The molecular weight excluding hydrogens is 292 g/mol. The minimum Gasteiger partial charge on any atom is -0.375 e. The maximum atomic E-state index is 5.87. The summed E-state index contributed by atoms with van der Waals surface area (Å²) in [5, 5.41) is 5.25. The normalized spacial score (nSPS) is 11.4. The second kappa shape index (κ2) is 9.10. The van der Waals surface area contributed by atoms with E-state index in [1.54, 1.807) is 11.3 Å². The number of nitrogens with two attached hydrogens (primary N) is 1. The lowest BCUT2D eigenvalue weighted by Crippen LogP contribution is -2.33. The smallest absolute Gasteiger partial charge is 0.188 e. The molecule has 3 N–H and O–H groups in total. The van der Waals surface area contributed by atoms with Gasteiger partial charge in [0, 0.05) is 37.2 Å². The van der Waals surface area contributed by atoms with Gasteiger partial charge in [-0.3, -0.25) is 4.99 Å². The number of hydrogen-bond donors (Lipinski definition) is 2. The summed E-state index contributed by atoms with van der Waals surface area (Å²) in [5.41, 5.74) is 7.10. The first kappa shape index (κ1) is 16.4. The molecule has 0 radical (unpaired) electrons. The molecule has 2 aromatic rings. The van der Waals surface area contributed by atoms with Crippen molar-refractivity contribution in [1.29, 1.82) is 0 Å². The van der Waals surface area contributed by atoms with Gasteiger partial charge in [0.05, 0.1) is 0 Å². The van der Waals surface area contributed by atoms with Crippen LogP contribution in [0.2, 0.25) is 0 Å². The number of aliphatic imine (C=N–C) groups is 1. The van der Waals surface area contributed by atoms with Crippen LogP contribution in [0, 0.1) is 0 Å². The summed E-state index contributed by atoms with van der Waals surface area (Å²) in [4.78, 5) is 7.97. The van der Waals surface area contributed by atoms with Crippen LogP contribution in [0.25, 0.3) is 0 Å². The van der Waals surface area contributed by atoms with E-state index in [4.69, 9.17) is 5.73 Å². The van der Waals surface area contributed by atoms with Crippen molar-refractivity contribution in [3.05, 3.63) is 52.7 Å². The lowest BCUT2D eigenvalue weighted by atomic mass is 10.3. The van der Waals surface area contributed by atoms with E-state index in [2.05, 4.69) is 64.0 Å². The van der Waals surface area contributed by atoms with E-state index in [1.807, 2.05) is 6.07 Å². The molecule has 1 heterocycles. The molecular formula is C17H24N4S. The summed E-state index contributed by atoms with van der Waals surface area (Å²) < 4.78 is 0. The number of para-hydroxylation sites is 1. The predicted octanol–water partition coefficient (Wildman–Crippen LogP) is 2.72. The van der Waals surface area contributed by atoms with Crippen LogP contribution >= 0.6 is 11.3 Å². The van der Waals surface area contributed by atoms with Gasteiger partial charge in [0.2, 0.25) is 0 Å². The van der Waals surface area contributed by atoms with Crippen molar-refractivity contribution < 1.29 is 0 Å². The van der Waals surface area contributed by atoms with Crippen molar-refractivity contribution in [3.8, 4) is 0 Å². The van der Waals surface area contributed by atoms with E-state index in [0.29, 0.717) is 5.96 Å². The Morgan fingerprint density at radius 3 is 2.77 bits per heavy atom. The first-order valence-electron chi connectivity index (χ1n) is 7.58. The van der Waals surface area contributed by atoms with Gasteiger partial charge < -0.3 is 16.0 Å². The largest absolute Gasteiger partial charge is 0.375 e. The number of hydrogen-bond acceptors (Lipinski definition) is 3. The Bertz CT molecular complexity index is 551. The number of nitrogens with one attached hydrogen (secondary N) is 1. The van der Waals surface area contributed by atoms with E-state index in [-0.39, 0.29) is 0 Å². The fourth-order valence-electron chi connectivity index (χ4n) is 2.14. The van der Waals surface area contributed by atoms with Gasteiger partial charge in [0.15, 0.2) is 5.96 Å². The molecule has 0 aliphatic carbocycles. The van der Waals surface area contributed by atoms with Crippen LogP contribution < -0.4 is 16.0 Å². The van der Waals surface area contributed by atoms with E-state index >= 15 is 0 Å². The van der Waals surface area contributed by atoms with Crippen molar-refractivity contribution in [2.75, 3.05) is 31.6 Å². The zero-order valence-corrected chi connectivity index (χ0v) is 13.9. The van der Waals surface area contributed by atoms with Crippen LogP contribution in [0.5, 0.6) is 0 Å². The van der Waals surface area contributed by atoms with Crippen LogP contribution in [-0.2, 0) is 6.42 Å².